The Kier molecular flexibility index (Phi) is 4.52. The van der Waals surface area contributed by atoms with Crippen LogP contribution in [0.15, 0.2) is 42.5 Å². The van der Waals surface area contributed by atoms with Gasteiger partial charge in [0.15, 0.2) is 5.78 Å². The van der Waals surface area contributed by atoms with Crippen LogP contribution in [0.2, 0.25) is 0 Å². The minimum atomic E-state index is -0.224. The summed E-state index contributed by atoms with van der Waals surface area (Å²) in [6, 6.07) is 13.8. The predicted octanol–water partition coefficient (Wildman–Crippen LogP) is 3.64. The Bertz CT molecular complexity index is 792. The van der Waals surface area contributed by atoms with Crippen molar-refractivity contribution in [2.24, 2.45) is 0 Å². The van der Waals surface area contributed by atoms with Gasteiger partial charge in [-0.2, -0.15) is 0 Å². The van der Waals surface area contributed by atoms with Crippen molar-refractivity contribution in [3.05, 3.63) is 70.3 Å². The van der Waals surface area contributed by atoms with Crippen LogP contribution >= 0.6 is 0 Å². The van der Waals surface area contributed by atoms with Gasteiger partial charge >= 0.3 is 0 Å². The van der Waals surface area contributed by atoms with E-state index in [1.165, 1.54) is 0 Å². The van der Waals surface area contributed by atoms with E-state index in [1.807, 2.05) is 63.2 Å². The molecule has 3 rings (SSSR count). The van der Waals surface area contributed by atoms with Gasteiger partial charge in [0.1, 0.15) is 0 Å². The molecule has 1 amide bonds. The van der Waals surface area contributed by atoms with Gasteiger partial charge in [-0.25, -0.2) is 0 Å². The van der Waals surface area contributed by atoms with E-state index in [0.717, 1.165) is 40.7 Å². The summed E-state index contributed by atoms with van der Waals surface area (Å²) in [5.41, 5.74) is 4.67. The summed E-state index contributed by atoms with van der Waals surface area (Å²) >= 11 is 0. The average Bonchev–Trinajstić information content (AvgIpc) is 2.71. The first kappa shape index (κ1) is 16.4. The SMILES string of the molecule is CC(C)NC(=O)C(C)c1ccc2c(c1)CCc1ccccc1C2=O. The fourth-order valence-corrected chi connectivity index (χ4v) is 3.25. The zero-order chi connectivity index (χ0) is 17.3. The van der Waals surface area contributed by atoms with Crippen molar-refractivity contribution in [2.45, 2.75) is 45.6 Å². The zero-order valence-electron chi connectivity index (χ0n) is 14.4. The molecule has 0 fully saturated rings. The number of amides is 1. The summed E-state index contributed by atoms with van der Waals surface area (Å²) < 4.78 is 0. The second-order valence-electron chi connectivity index (χ2n) is 6.79. The summed E-state index contributed by atoms with van der Waals surface area (Å²) in [5.74, 6) is -0.115. The highest BCUT2D eigenvalue weighted by Gasteiger charge is 2.23. The molecule has 0 saturated heterocycles. The summed E-state index contributed by atoms with van der Waals surface area (Å²) in [7, 11) is 0. The number of rotatable bonds is 3. The fraction of sp³-hybridized carbons (Fsp3) is 0.333. The molecular formula is C21H23NO2. The van der Waals surface area contributed by atoms with Gasteiger partial charge < -0.3 is 5.32 Å². The first-order chi connectivity index (χ1) is 11.5. The number of nitrogens with one attached hydrogen (secondary N) is 1. The normalized spacial score (nSPS) is 14.6. The molecule has 1 N–H and O–H groups in total. The molecule has 1 aliphatic rings. The van der Waals surface area contributed by atoms with Crippen molar-refractivity contribution in [1.29, 1.82) is 0 Å². The van der Waals surface area contributed by atoms with Crippen LogP contribution in [-0.4, -0.2) is 17.7 Å². The van der Waals surface area contributed by atoms with E-state index < -0.39 is 0 Å². The maximum atomic E-state index is 12.8. The Morgan fingerprint density at radius 2 is 1.62 bits per heavy atom. The van der Waals surface area contributed by atoms with Gasteiger partial charge in [0, 0.05) is 17.2 Å². The van der Waals surface area contributed by atoms with Crippen LogP contribution in [0.5, 0.6) is 0 Å². The zero-order valence-corrected chi connectivity index (χ0v) is 14.4. The standard InChI is InChI=1S/C21H23NO2/c1-13(2)22-21(24)14(3)16-10-11-19-17(12-16)9-8-15-6-4-5-7-18(15)20(19)23/h4-7,10-14H,8-9H2,1-3H3,(H,22,24). The summed E-state index contributed by atoms with van der Waals surface area (Å²) in [5, 5.41) is 2.95. The van der Waals surface area contributed by atoms with E-state index in [4.69, 9.17) is 0 Å². The second-order valence-corrected chi connectivity index (χ2v) is 6.79. The molecule has 1 aliphatic carbocycles. The summed E-state index contributed by atoms with van der Waals surface area (Å²) in [6.07, 6.45) is 1.68. The molecule has 1 unspecified atom stereocenters. The van der Waals surface area contributed by atoms with Crippen LogP contribution in [0, 0.1) is 0 Å². The lowest BCUT2D eigenvalue weighted by molar-refractivity contribution is -0.122. The largest absolute Gasteiger partial charge is 0.353 e. The van der Waals surface area contributed by atoms with E-state index >= 15 is 0 Å². The molecule has 0 spiro atoms. The van der Waals surface area contributed by atoms with Crippen LogP contribution in [-0.2, 0) is 17.6 Å². The van der Waals surface area contributed by atoms with Gasteiger partial charge in [-0.3, -0.25) is 9.59 Å². The molecule has 0 aromatic heterocycles. The van der Waals surface area contributed by atoms with Gasteiger partial charge in [0.05, 0.1) is 5.92 Å². The fourth-order valence-electron chi connectivity index (χ4n) is 3.25. The van der Waals surface area contributed by atoms with E-state index in [-0.39, 0.29) is 23.7 Å². The molecule has 2 aromatic carbocycles. The van der Waals surface area contributed by atoms with Crippen LogP contribution in [0.4, 0.5) is 0 Å². The maximum absolute atomic E-state index is 12.8. The number of carbonyl (C=O) groups excluding carboxylic acids is 2. The van der Waals surface area contributed by atoms with Crippen molar-refractivity contribution in [3.8, 4) is 0 Å². The van der Waals surface area contributed by atoms with E-state index in [9.17, 15) is 9.59 Å². The highest BCUT2D eigenvalue weighted by atomic mass is 16.2. The quantitative estimate of drug-likeness (QED) is 0.938. The van der Waals surface area contributed by atoms with Crippen LogP contribution in [0.1, 0.15) is 59.3 Å². The van der Waals surface area contributed by atoms with Crippen LogP contribution in [0.3, 0.4) is 0 Å². The topological polar surface area (TPSA) is 46.2 Å². The third-order valence-corrected chi connectivity index (χ3v) is 4.62. The van der Waals surface area contributed by atoms with Gasteiger partial charge in [0.2, 0.25) is 5.91 Å². The number of aryl methyl sites for hydroxylation is 2. The Balaban J connectivity index is 1.93. The number of hydrogen-bond donors (Lipinski definition) is 1. The summed E-state index contributed by atoms with van der Waals surface area (Å²) in [6.45, 7) is 5.82. The third kappa shape index (κ3) is 3.12. The number of benzene rings is 2. The van der Waals surface area contributed by atoms with E-state index in [1.54, 1.807) is 0 Å². The predicted molar refractivity (Wildman–Crippen MR) is 95.4 cm³/mol. The van der Waals surface area contributed by atoms with Gasteiger partial charge in [-0.05, 0) is 50.3 Å². The minimum Gasteiger partial charge on any atom is -0.353 e. The van der Waals surface area contributed by atoms with Gasteiger partial charge in [0.25, 0.3) is 0 Å². The van der Waals surface area contributed by atoms with Crippen molar-refractivity contribution >= 4 is 11.7 Å². The molecule has 0 aliphatic heterocycles. The Morgan fingerprint density at radius 3 is 2.38 bits per heavy atom. The number of fused-ring (bicyclic) bond motifs is 2. The molecule has 2 aromatic rings. The molecule has 1 atom stereocenters. The maximum Gasteiger partial charge on any atom is 0.227 e. The molecule has 0 heterocycles. The lowest BCUT2D eigenvalue weighted by Gasteiger charge is -2.16. The lowest BCUT2D eigenvalue weighted by atomic mass is 9.92. The highest BCUT2D eigenvalue weighted by Crippen LogP contribution is 2.27. The molecule has 24 heavy (non-hydrogen) atoms. The minimum absolute atomic E-state index is 0.0215. The smallest absolute Gasteiger partial charge is 0.227 e. The molecule has 0 bridgehead atoms. The van der Waals surface area contributed by atoms with E-state index in [2.05, 4.69) is 5.32 Å². The van der Waals surface area contributed by atoms with Crippen LogP contribution < -0.4 is 5.32 Å². The average molecular weight is 321 g/mol. The molecule has 0 radical (unpaired) electrons. The van der Waals surface area contributed by atoms with Gasteiger partial charge in [-0.15, -0.1) is 0 Å². The van der Waals surface area contributed by atoms with Crippen molar-refractivity contribution in [3.63, 3.8) is 0 Å². The van der Waals surface area contributed by atoms with Crippen molar-refractivity contribution < 1.29 is 9.59 Å². The first-order valence-corrected chi connectivity index (χ1v) is 8.53. The van der Waals surface area contributed by atoms with Crippen molar-refractivity contribution in [1.82, 2.24) is 5.32 Å². The Hall–Kier alpha value is -2.42. The monoisotopic (exact) mass is 321 g/mol. The lowest BCUT2D eigenvalue weighted by Crippen LogP contribution is -2.33. The molecular weight excluding hydrogens is 298 g/mol. The third-order valence-electron chi connectivity index (χ3n) is 4.62. The number of hydrogen-bond acceptors (Lipinski definition) is 2. The first-order valence-electron chi connectivity index (χ1n) is 8.53. The molecule has 3 nitrogen and oxygen atoms in total. The van der Waals surface area contributed by atoms with Gasteiger partial charge in [-0.1, -0.05) is 42.5 Å². The summed E-state index contributed by atoms with van der Waals surface area (Å²) in [4.78, 5) is 25.1. The molecule has 124 valence electrons. The number of carbonyl (C=O) groups is 2. The van der Waals surface area contributed by atoms with Crippen LogP contribution in [0.25, 0.3) is 0 Å². The number of ketones is 1. The molecule has 0 saturated carbocycles. The Labute approximate surface area is 143 Å². The molecule has 3 heteroatoms. The van der Waals surface area contributed by atoms with Crippen molar-refractivity contribution in [2.75, 3.05) is 0 Å². The Morgan fingerprint density at radius 1 is 0.958 bits per heavy atom. The second kappa shape index (κ2) is 6.60. The highest BCUT2D eigenvalue weighted by molar-refractivity contribution is 6.11. The van der Waals surface area contributed by atoms with E-state index in [0.29, 0.717) is 0 Å².